The molecule has 2 aromatic carbocycles. The van der Waals surface area contributed by atoms with E-state index in [0.29, 0.717) is 0 Å². The van der Waals surface area contributed by atoms with Crippen molar-refractivity contribution in [1.29, 1.82) is 0 Å². The lowest BCUT2D eigenvalue weighted by Crippen LogP contribution is -2.30. The Morgan fingerprint density at radius 1 is 1.03 bits per heavy atom. The number of hydrogen-bond donors (Lipinski definition) is 2. The maximum absolute atomic E-state index is 13.1. The van der Waals surface area contributed by atoms with Crippen molar-refractivity contribution in [3.63, 3.8) is 0 Å². The molecule has 0 saturated carbocycles. The van der Waals surface area contributed by atoms with Crippen molar-refractivity contribution in [2.75, 3.05) is 19.0 Å². The van der Waals surface area contributed by atoms with Gasteiger partial charge in [0.05, 0.1) is 18.4 Å². The maximum atomic E-state index is 13.1. The normalized spacial score (nSPS) is 11.0. The number of methoxy groups -OCH3 is 1. The monoisotopic (exact) mass is 488 g/mol. The summed E-state index contributed by atoms with van der Waals surface area (Å²) in [6.07, 6.45) is -4.58. The fourth-order valence-corrected chi connectivity index (χ4v) is 3.00. The van der Waals surface area contributed by atoms with Gasteiger partial charge in [-0.3, -0.25) is 19.2 Å². The second-order valence-electron chi connectivity index (χ2n) is 7.25. The topological polar surface area (TPSA) is 119 Å². The average molecular weight is 488 g/mol. The van der Waals surface area contributed by atoms with E-state index < -0.39 is 40.6 Å². The van der Waals surface area contributed by atoms with Gasteiger partial charge in [-0.15, -0.1) is 0 Å². The first-order valence-corrected chi connectivity index (χ1v) is 10.0. The highest BCUT2D eigenvalue weighted by Gasteiger charge is 2.30. The zero-order valence-corrected chi connectivity index (χ0v) is 18.5. The molecule has 0 atom stereocenters. The third-order valence-electron chi connectivity index (χ3n) is 4.77. The van der Waals surface area contributed by atoms with Gasteiger partial charge in [-0.2, -0.15) is 18.3 Å². The van der Waals surface area contributed by atoms with E-state index in [0.717, 1.165) is 22.9 Å². The zero-order valence-electron chi connectivity index (χ0n) is 18.5. The number of alkyl halides is 3. The molecule has 182 valence electrons. The quantitative estimate of drug-likeness (QED) is 0.515. The standard InChI is InChI=1S/C23H19F3N4O5/c1-13-10-18(31)20(29-30(13)17-5-3-4-15(11-17)23(24,25)26)22(34)28-16-8-6-14(7-9-16)21(33)27-12-19(32)35-2/h3-11H,12H2,1-2H3,(H,27,33)(H,28,34). The van der Waals surface area contributed by atoms with Gasteiger partial charge in [0, 0.05) is 23.0 Å². The highest BCUT2D eigenvalue weighted by molar-refractivity contribution is 6.03. The maximum Gasteiger partial charge on any atom is 0.416 e. The number of esters is 1. The van der Waals surface area contributed by atoms with E-state index in [4.69, 9.17) is 0 Å². The molecule has 3 aromatic rings. The fourth-order valence-electron chi connectivity index (χ4n) is 3.00. The molecule has 0 spiro atoms. The highest BCUT2D eigenvalue weighted by atomic mass is 19.4. The number of nitrogens with one attached hydrogen (secondary N) is 2. The van der Waals surface area contributed by atoms with Crippen LogP contribution in [-0.4, -0.2) is 41.2 Å². The Morgan fingerprint density at radius 3 is 2.34 bits per heavy atom. The number of carbonyl (C=O) groups is 3. The molecular weight excluding hydrogens is 469 g/mol. The average Bonchev–Trinajstić information content (AvgIpc) is 2.82. The van der Waals surface area contributed by atoms with Crippen molar-refractivity contribution in [2.24, 2.45) is 0 Å². The van der Waals surface area contributed by atoms with Gasteiger partial charge in [0.15, 0.2) is 5.69 Å². The van der Waals surface area contributed by atoms with Gasteiger partial charge < -0.3 is 15.4 Å². The van der Waals surface area contributed by atoms with E-state index >= 15 is 0 Å². The van der Waals surface area contributed by atoms with E-state index in [9.17, 15) is 32.3 Å². The summed E-state index contributed by atoms with van der Waals surface area (Å²) in [5.74, 6) is -2.06. The molecule has 1 aromatic heterocycles. The highest BCUT2D eigenvalue weighted by Crippen LogP contribution is 2.30. The lowest BCUT2D eigenvalue weighted by Gasteiger charge is -2.13. The Balaban J connectivity index is 1.81. The smallest absolute Gasteiger partial charge is 0.416 e. The van der Waals surface area contributed by atoms with Crippen LogP contribution in [-0.2, 0) is 15.7 Å². The van der Waals surface area contributed by atoms with Crippen molar-refractivity contribution >= 4 is 23.5 Å². The summed E-state index contributed by atoms with van der Waals surface area (Å²) in [4.78, 5) is 48.2. The summed E-state index contributed by atoms with van der Waals surface area (Å²) in [7, 11) is 1.18. The molecule has 0 radical (unpaired) electrons. The Kier molecular flexibility index (Phi) is 7.33. The lowest BCUT2D eigenvalue weighted by atomic mass is 10.2. The molecule has 0 fully saturated rings. The first kappa shape index (κ1) is 25.1. The predicted molar refractivity (Wildman–Crippen MR) is 118 cm³/mol. The molecule has 9 nitrogen and oxygen atoms in total. The zero-order chi connectivity index (χ0) is 25.8. The Labute approximate surface area is 196 Å². The molecule has 1 heterocycles. The largest absolute Gasteiger partial charge is 0.468 e. The number of benzene rings is 2. The lowest BCUT2D eigenvalue weighted by molar-refractivity contribution is -0.139. The van der Waals surface area contributed by atoms with Crippen LogP contribution >= 0.6 is 0 Å². The van der Waals surface area contributed by atoms with Crippen molar-refractivity contribution < 1.29 is 32.3 Å². The number of nitrogens with zero attached hydrogens (tertiary/aromatic N) is 2. The van der Waals surface area contributed by atoms with Crippen LogP contribution in [0.4, 0.5) is 18.9 Å². The van der Waals surface area contributed by atoms with Crippen LogP contribution in [0.2, 0.25) is 0 Å². The van der Waals surface area contributed by atoms with Crippen molar-refractivity contribution in [2.45, 2.75) is 13.1 Å². The minimum atomic E-state index is -4.58. The molecule has 2 amide bonds. The van der Waals surface area contributed by atoms with E-state index in [1.165, 1.54) is 50.4 Å². The van der Waals surface area contributed by atoms with Gasteiger partial charge >= 0.3 is 12.1 Å². The molecule has 0 saturated heterocycles. The van der Waals surface area contributed by atoms with Gasteiger partial charge in [0.2, 0.25) is 5.43 Å². The second kappa shape index (κ2) is 10.2. The fraction of sp³-hybridized carbons (Fsp3) is 0.174. The molecular formula is C23H19F3N4O5. The van der Waals surface area contributed by atoms with Gasteiger partial charge in [-0.05, 0) is 49.4 Å². The third-order valence-corrected chi connectivity index (χ3v) is 4.77. The van der Waals surface area contributed by atoms with E-state index in [2.05, 4.69) is 20.5 Å². The summed E-state index contributed by atoms with van der Waals surface area (Å²) in [5, 5.41) is 8.79. The number of anilines is 1. The van der Waals surface area contributed by atoms with Gasteiger partial charge in [-0.1, -0.05) is 6.07 Å². The van der Waals surface area contributed by atoms with E-state index in [-0.39, 0.29) is 29.2 Å². The van der Waals surface area contributed by atoms with E-state index in [1.807, 2.05) is 0 Å². The number of halogens is 3. The molecule has 35 heavy (non-hydrogen) atoms. The van der Waals surface area contributed by atoms with Crippen LogP contribution in [0.25, 0.3) is 5.69 Å². The SMILES string of the molecule is COC(=O)CNC(=O)c1ccc(NC(=O)c2nn(-c3cccc(C(F)(F)F)c3)c(C)cc2=O)cc1. The van der Waals surface area contributed by atoms with Crippen LogP contribution in [0.5, 0.6) is 0 Å². The summed E-state index contributed by atoms with van der Waals surface area (Å²) < 4.78 is 44.7. The van der Waals surface area contributed by atoms with Gasteiger partial charge in [-0.25, -0.2) is 4.68 Å². The number of hydrogen-bond acceptors (Lipinski definition) is 6. The van der Waals surface area contributed by atoms with Crippen LogP contribution in [0.3, 0.4) is 0 Å². The Bertz CT molecular complexity index is 1330. The minimum absolute atomic E-state index is 0.0219. The summed E-state index contributed by atoms with van der Waals surface area (Å²) in [6, 6.07) is 11.0. The minimum Gasteiger partial charge on any atom is -0.468 e. The van der Waals surface area contributed by atoms with Crippen LogP contribution in [0, 0.1) is 6.92 Å². The molecule has 2 N–H and O–H groups in total. The van der Waals surface area contributed by atoms with Crippen LogP contribution < -0.4 is 16.1 Å². The predicted octanol–water partition coefficient (Wildman–Crippen LogP) is 2.71. The van der Waals surface area contributed by atoms with E-state index in [1.54, 1.807) is 0 Å². The van der Waals surface area contributed by atoms with Crippen molar-refractivity contribution in [3.05, 3.63) is 87.3 Å². The summed E-state index contributed by atoms with van der Waals surface area (Å²) >= 11 is 0. The van der Waals surface area contributed by atoms with Gasteiger partial charge in [0.1, 0.15) is 6.54 Å². The molecule has 3 rings (SSSR count). The third kappa shape index (κ3) is 6.10. The second-order valence-corrected chi connectivity index (χ2v) is 7.25. The summed E-state index contributed by atoms with van der Waals surface area (Å²) in [5.41, 5.74) is -1.48. The molecule has 0 aliphatic carbocycles. The first-order chi connectivity index (χ1) is 16.5. The number of amides is 2. The summed E-state index contributed by atoms with van der Waals surface area (Å²) in [6.45, 7) is 1.16. The first-order valence-electron chi connectivity index (χ1n) is 10.0. The van der Waals surface area contributed by atoms with Crippen LogP contribution in [0.15, 0.2) is 59.4 Å². The molecule has 0 aliphatic heterocycles. The number of aryl methyl sites for hydroxylation is 1. The molecule has 0 unspecified atom stereocenters. The number of aromatic nitrogens is 2. The number of ether oxygens (including phenoxy) is 1. The molecule has 12 heteroatoms. The number of rotatable bonds is 6. The van der Waals surface area contributed by atoms with Crippen LogP contribution in [0.1, 0.15) is 32.1 Å². The van der Waals surface area contributed by atoms with Gasteiger partial charge in [0.25, 0.3) is 11.8 Å². The Hall–Kier alpha value is -4.48. The Morgan fingerprint density at radius 2 is 1.71 bits per heavy atom. The number of carbonyl (C=O) groups excluding carboxylic acids is 3. The van der Waals surface area contributed by atoms with Crippen molar-refractivity contribution in [3.8, 4) is 5.69 Å². The van der Waals surface area contributed by atoms with Crippen molar-refractivity contribution in [1.82, 2.24) is 15.1 Å². The molecule has 0 bridgehead atoms. The molecule has 0 aliphatic rings.